The summed E-state index contributed by atoms with van der Waals surface area (Å²) in [5.41, 5.74) is 1.68. The van der Waals surface area contributed by atoms with Gasteiger partial charge < -0.3 is 10.1 Å². The Labute approximate surface area is 152 Å². The van der Waals surface area contributed by atoms with Gasteiger partial charge in [0.2, 0.25) is 0 Å². The van der Waals surface area contributed by atoms with Gasteiger partial charge in [0.05, 0.1) is 18.3 Å². The average molecular weight is 355 g/mol. The molecule has 1 N–H and O–H groups in total. The number of carbonyl (C=O) groups is 1. The number of benzene rings is 1. The zero-order valence-corrected chi connectivity index (χ0v) is 14.5. The number of ether oxygens (including phenoxy) is 1. The highest BCUT2D eigenvalue weighted by Crippen LogP contribution is 2.34. The van der Waals surface area contributed by atoms with Crippen LogP contribution in [0.15, 0.2) is 48.8 Å². The fraction of sp³-hybridized carbons (Fsp3) is 0.400. The predicted molar refractivity (Wildman–Crippen MR) is 95.0 cm³/mol. The molecule has 1 amide bonds. The average Bonchev–Trinajstić information content (AvgIpc) is 3.23. The summed E-state index contributed by atoms with van der Waals surface area (Å²) >= 11 is 0. The minimum Gasteiger partial charge on any atom is -0.376 e. The number of fused-ring (bicyclic) bond motifs is 1. The molecule has 136 valence electrons. The Balaban J connectivity index is 1.30. The Morgan fingerprint density at radius 3 is 2.88 bits per heavy atom. The molecule has 0 radical (unpaired) electrons. The molecule has 2 saturated heterocycles. The molecule has 2 aliphatic heterocycles. The number of nitrogens with one attached hydrogen (secondary N) is 1. The first-order valence-corrected chi connectivity index (χ1v) is 8.95. The van der Waals surface area contributed by atoms with Crippen LogP contribution in [0, 0.1) is 17.7 Å². The van der Waals surface area contributed by atoms with Crippen molar-refractivity contribution in [3.05, 3.63) is 65.7 Å². The molecule has 1 aromatic heterocycles. The third-order valence-corrected chi connectivity index (χ3v) is 5.28. The van der Waals surface area contributed by atoms with E-state index in [1.165, 1.54) is 12.1 Å². The molecule has 0 spiro atoms. The van der Waals surface area contributed by atoms with Crippen LogP contribution in [-0.2, 0) is 11.3 Å². The van der Waals surface area contributed by atoms with E-state index >= 15 is 0 Å². The van der Waals surface area contributed by atoms with Crippen LogP contribution in [0.5, 0.6) is 0 Å². The Morgan fingerprint density at radius 1 is 1.27 bits per heavy atom. The van der Waals surface area contributed by atoms with E-state index in [-0.39, 0.29) is 17.8 Å². The van der Waals surface area contributed by atoms with Gasteiger partial charge in [-0.25, -0.2) is 4.39 Å². The topological polar surface area (TPSA) is 54.5 Å². The second-order valence-corrected chi connectivity index (χ2v) is 7.07. The van der Waals surface area contributed by atoms with E-state index in [1.807, 2.05) is 12.1 Å². The van der Waals surface area contributed by atoms with E-state index in [0.717, 1.165) is 25.2 Å². The van der Waals surface area contributed by atoms with Gasteiger partial charge in [-0.2, -0.15) is 0 Å². The SMILES string of the molecule is O=C(NC[C@@H]1CO[C@@H]2CN(Cc3ccc(F)cc3)C[C@H]12)c1cccnc1. The number of rotatable bonds is 5. The van der Waals surface area contributed by atoms with Crippen LogP contribution >= 0.6 is 0 Å². The van der Waals surface area contributed by atoms with Crippen LogP contribution in [0.2, 0.25) is 0 Å². The van der Waals surface area contributed by atoms with Gasteiger partial charge in [-0.1, -0.05) is 12.1 Å². The summed E-state index contributed by atoms with van der Waals surface area (Å²) in [5, 5.41) is 3.01. The van der Waals surface area contributed by atoms with Gasteiger partial charge in [-0.15, -0.1) is 0 Å². The summed E-state index contributed by atoms with van der Waals surface area (Å²) in [4.78, 5) is 18.5. The molecule has 2 aromatic rings. The molecule has 3 atom stereocenters. The highest BCUT2D eigenvalue weighted by molar-refractivity contribution is 5.93. The zero-order chi connectivity index (χ0) is 17.9. The Bertz CT molecular complexity index is 753. The van der Waals surface area contributed by atoms with Crippen LogP contribution in [0.4, 0.5) is 4.39 Å². The van der Waals surface area contributed by atoms with Crippen LogP contribution in [0.25, 0.3) is 0 Å². The maximum absolute atomic E-state index is 13.0. The number of pyridine rings is 1. The fourth-order valence-electron chi connectivity index (χ4n) is 3.89. The molecule has 2 aliphatic rings. The molecule has 5 nitrogen and oxygen atoms in total. The summed E-state index contributed by atoms with van der Waals surface area (Å²) in [6, 6.07) is 10.2. The summed E-state index contributed by atoms with van der Waals surface area (Å²) in [7, 11) is 0. The van der Waals surface area contributed by atoms with E-state index in [4.69, 9.17) is 4.74 Å². The second-order valence-electron chi connectivity index (χ2n) is 7.07. The van der Waals surface area contributed by atoms with Crippen LogP contribution < -0.4 is 5.32 Å². The van der Waals surface area contributed by atoms with Crippen LogP contribution in [0.3, 0.4) is 0 Å². The Kier molecular flexibility index (Phi) is 4.95. The summed E-state index contributed by atoms with van der Waals surface area (Å²) in [5.74, 6) is 0.436. The monoisotopic (exact) mass is 355 g/mol. The number of hydrogen-bond acceptors (Lipinski definition) is 4. The number of likely N-dealkylation sites (tertiary alicyclic amines) is 1. The number of aromatic nitrogens is 1. The molecule has 0 bridgehead atoms. The normalized spacial score (nSPS) is 25.2. The lowest BCUT2D eigenvalue weighted by molar-refractivity contribution is 0.0903. The van der Waals surface area contributed by atoms with Gasteiger partial charge in [-0.05, 0) is 29.8 Å². The number of carbonyl (C=O) groups excluding carboxylic acids is 1. The smallest absolute Gasteiger partial charge is 0.252 e. The minimum absolute atomic E-state index is 0.0947. The van der Waals surface area contributed by atoms with Crippen molar-refractivity contribution in [2.45, 2.75) is 12.6 Å². The largest absolute Gasteiger partial charge is 0.376 e. The summed E-state index contributed by atoms with van der Waals surface area (Å²) in [6.07, 6.45) is 3.44. The second kappa shape index (κ2) is 7.51. The Morgan fingerprint density at radius 2 is 2.12 bits per heavy atom. The van der Waals surface area contributed by atoms with Crippen LogP contribution in [-0.4, -0.2) is 48.1 Å². The molecular formula is C20H22FN3O2. The van der Waals surface area contributed by atoms with Crippen molar-refractivity contribution in [2.24, 2.45) is 11.8 Å². The van der Waals surface area contributed by atoms with E-state index in [0.29, 0.717) is 30.6 Å². The molecular weight excluding hydrogens is 333 g/mol. The quantitative estimate of drug-likeness (QED) is 0.892. The van der Waals surface area contributed by atoms with E-state index in [1.54, 1.807) is 24.5 Å². The molecule has 6 heteroatoms. The molecule has 3 heterocycles. The van der Waals surface area contributed by atoms with Crippen molar-refractivity contribution >= 4 is 5.91 Å². The van der Waals surface area contributed by atoms with Gasteiger partial charge in [0.25, 0.3) is 5.91 Å². The van der Waals surface area contributed by atoms with Gasteiger partial charge in [0.15, 0.2) is 0 Å². The molecule has 2 fully saturated rings. The van der Waals surface area contributed by atoms with E-state index in [2.05, 4.69) is 15.2 Å². The molecule has 0 aliphatic carbocycles. The highest BCUT2D eigenvalue weighted by atomic mass is 19.1. The minimum atomic E-state index is -0.209. The standard InChI is InChI=1S/C20H22FN3O2/c21-17-5-3-14(4-6-17)10-24-11-18-16(13-26-19(18)12-24)9-23-20(25)15-2-1-7-22-8-15/h1-8,16,18-19H,9-13H2,(H,23,25)/t16-,18-,19-/m1/s1. The van der Waals surface area contributed by atoms with Crippen molar-refractivity contribution in [3.8, 4) is 0 Å². The summed E-state index contributed by atoms with van der Waals surface area (Å²) in [6.45, 7) is 3.92. The summed E-state index contributed by atoms with van der Waals surface area (Å²) < 4.78 is 19.0. The lowest BCUT2D eigenvalue weighted by Gasteiger charge is -2.20. The predicted octanol–water partition coefficient (Wildman–Crippen LogP) is 2.10. The molecule has 1 aromatic carbocycles. The van der Waals surface area contributed by atoms with Gasteiger partial charge >= 0.3 is 0 Å². The number of amides is 1. The first-order valence-electron chi connectivity index (χ1n) is 8.95. The van der Waals surface area contributed by atoms with Crippen molar-refractivity contribution in [3.63, 3.8) is 0 Å². The molecule has 26 heavy (non-hydrogen) atoms. The van der Waals surface area contributed by atoms with Crippen molar-refractivity contribution in [2.75, 3.05) is 26.2 Å². The lowest BCUT2D eigenvalue weighted by Crippen LogP contribution is -2.34. The van der Waals surface area contributed by atoms with Crippen molar-refractivity contribution in [1.82, 2.24) is 15.2 Å². The van der Waals surface area contributed by atoms with Gasteiger partial charge in [0.1, 0.15) is 5.82 Å². The maximum atomic E-state index is 13.0. The van der Waals surface area contributed by atoms with Gasteiger partial charge in [0, 0.05) is 50.4 Å². The molecule has 4 rings (SSSR count). The van der Waals surface area contributed by atoms with Crippen LogP contribution in [0.1, 0.15) is 15.9 Å². The number of nitrogens with zero attached hydrogens (tertiary/aromatic N) is 2. The third kappa shape index (κ3) is 3.76. The Hall–Kier alpha value is -2.31. The van der Waals surface area contributed by atoms with E-state index in [9.17, 15) is 9.18 Å². The first-order chi connectivity index (χ1) is 12.7. The highest BCUT2D eigenvalue weighted by Gasteiger charge is 2.43. The zero-order valence-electron chi connectivity index (χ0n) is 14.5. The third-order valence-electron chi connectivity index (χ3n) is 5.28. The van der Waals surface area contributed by atoms with E-state index < -0.39 is 0 Å². The fourth-order valence-corrected chi connectivity index (χ4v) is 3.89. The maximum Gasteiger partial charge on any atom is 0.252 e. The lowest BCUT2D eigenvalue weighted by atomic mass is 9.93. The van der Waals surface area contributed by atoms with Crippen molar-refractivity contribution in [1.29, 1.82) is 0 Å². The van der Waals surface area contributed by atoms with Crippen molar-refractivity contribution < 1.29 is 13.9 Å². The molecule has 0 saturated carbocycles. The van der Waals surface area contributed by atoms with Gasteiger partial charge in [-0.3, -0.25) is 14.7 Å². The first kappa shape index (κ1) is 17.1. The molecule has 0 unspecified atom stereocenters. The number of halogens is 1. The number of hydrogen-bond donors (Lipinski definition) is 1.